The lowest BCUT2D eigenvalue weighted by Crippen LogP contribution is -2.45. The summed E-state index contributed by atoms with van der Waals surface area (Å²) in [6, 6.07) is 8.39. The molecule has 1 aliphatic carbocycles. The smallest absolute Gasteiger partial charge is 0.149 e. The summed E-state index contributed by atoms with van der Waals surface area (Å²) in [6.45, 7) is 2.25. The number of hydrogen-bond donors (Lipinski definition) is 0. The summed E-state index contributed by atoms with van der Waals surface area (Å²) >= 11 is 0. The molecule has 114 valence electrons. The summed E-state index contributed by atoms with van der Waals surface area (Å²) in [5.41, 5.74) is 2.56. The molecule has 0 saturated heterocycles. The fourth-order valence-electron chi connectivity index (χ4n) is 3.99. The Kier molecular flexibility index (Phi) is 3.06. The maximum absolute atomic E-state index is 5.63. The van der Waals surface area contributed by atoms with Gasteiger partial charge in [-0.2, -0.15) is 5.10 Å². The molecule has 0 bridgehead atoms. The minimum atomic E-state index is 0.0206. The van der Waals surface area contributed by atoms with Crippen molar-refractivity contribution in [1.29, 1.82) is 0 Å². The summed E-state index contributed by atoms with van der Waals surface area (Å²) in [5, 5.41) is 6.94. The van der Waals surface area contributed by atoms with Gasteiger partial charge < -0.3 is 4.74 Å². The number of ether oxygens (including phenoxy) is 1. The lowest BCUT2D eigenvalue weighted by molar-refractivity contribution is 0.289. The summed E-state index contributed by atoms with van der Waals surface area (Å²) in [4.78, 5) is 4.60. The summed E-state index contributed by atoms with van der Waals surface area (Å²) < 4.78 is 5.63. The van der Waals surface area contributed by atoms with Gasteiger partial charge in [-0.3, -0.25) is 4.99 Å². The van der Waals surface area contributed by atoms with E-state index in [-0.39, 0.29) is 11.6 Å². The molecule has 1 aromatic carbocycles. The number of hydrogen-bond acceptors (Lipinski definition) is 4. The number of para-hydroxylation sites is 1. The average Bonchev–Trinajstić information content (AvgIpc) is 2.85. The second kappa shape index (κ2) is 4.97. The molecule has 2 atom stereocenters. The van der Waals surface area contributed by atoms with Gasteiger partial charge in [-0.05, 0) is 25.0 Å². The fraction of sp³-hybridized carbons (Fsp3) is 0.444. The van der Waals surface area contributed by atoms with Gasteiger partial charge in [0.25, 0.3) is 0 Å². The molecule has 4 heteroatoms. The molecule has 2 aliphatic heterocycles. The molecule has 1 aromatic rings. The first-order valence-corrected chi connectivity index (χ1v) is 7.97. The predicted octanol–water partition coefficient (Wildman–Crippen LogP) is 3.35. The first-order valence-electron chi connectivity index (χ1n) is 7.97. The largest absolute Gasteiger partial charge is 0.496 e. The Bertz CT molecular complexity index is 673. The van der Waals surface area contributed by atoms with Crippen LogP contribution in [0.5, 0.6) is 5.75 Å². The van der Waals surface area contributed by atoms with Gasteiger partial charge >= 0.3 is 0 Å². The minimum Gasteiger partial charge on any atom is -0.496 e. The highest BCUT2D eigenvalue weighted by atomic mass is 16.5. The van der Waals surface area contributed by atoms with Crippen LogP contribution in [0.3, 0.4) is 0 Å². The number of fused-ring (bicyclic) bond motifs is 1. The summed E-state index contributed by atoms with van der Waals surface area (Å²) in [6.07, 6.45) is 9.50. The van der Waals surface area contributed by atoms with Crippen molar-refractivity contribution < 1.29 is 4.74 Å². The number of allylic oxidation sites excluding steroid dienone is 1. The first kappa shape index (κ1) is 13.6. The molecular formula is C18H21N3O. The second-order valence-corrected chi connectivity index (χ2v) is 6.34. The molecule has 4 rings (SSSR count). The minimum absolute atomic E-state index is 0.0206. The third-order valence-corrected chi connectivity index (χ3v) is 5.26. The van der Waals surface area contributed by atoms with Crippen LogP contribution in [-0.4, -0.2) is 30.2 Å². The Balaban J connectivity index is 1.79. The van der Waals surface area contributed by atoms with Crippen molar-refractivity contribution in [3.05, 3.63) is 42.1 Å². The zero-order chi connectivity index (χ0) is 15.2. The van der Waals surface area contributed by atoms with Crippen molar-refractivity contribution >= 4 is 11.9 Å². The second-order valence-electron chi connectivity index (χ2n) is 6.34. The van der Waals surface area contributed by atoms with E-state index in [2.05, 4.69) is 30.1 Å². The van der Waals surface area contributed by atoms with E-state index in [1.54, 1.807) is 7.11 Å². The maximum Gasteiger partial charge on any atom is 0.149 e. The quantitative estimate of drug-likeness (QED) is 0.857. The van der Waals surface area contributed by atoms with Gasteiger partial charge in [0.2, 0.25) is 0 Å². The first-order chi connectivity index (χ1) is 10.8. The Labute approximate surface area is 131 Å². The normalized spacial score (nSPS) is 28.1. The number of benzene rings is 1. The van der Waals surface area contributed by atoms with Gasteiger partial charge in [0.1, 0.15) is 11.9 Å². The van der Waals surface area contributed by atoms with Crippen molar-refractivity contribution in [2.75, 3.05) is 7.11 Å². The summed E-state index contributed by atoms with van der Waals surface area (Å²) in [7, 11) is 1.75. The highest BCUT2D eigenvalue weighted by molar-refractivity contribution is 5.99. The van der Waals surface area contributed by atoms with Gasteiger partial charge in [0.15, 0.2) is 0 Å². The van der Waals surface area contributed by atoms with E-state index in [0.29, 0.717) is 5.92 Å². The van der Waals surface area contributed by atoms with E-state index >= 15 is 0 Å². The van der Waals surface area contributed by atoms with E-state index in [4.69, 9.17) is 9.84 Å². The third kappa shape index (κ3) is 1.76. The third-order valence-electron chi connectivity index (χ3n) is 5.26. The van der Waals surface area contributed by atoms with Gasteiger partial charge in [-0.1, -0.05) is 31.5 Å². The van der Waals surface area contributed by atoms with E-state index in [1.165, 1.54) is 17.7 Å². The van der Waals surface area contributed by atoms with Crippen LogP contribution < -0.4 is 4.74 Å². The van der Waals surface area contributed by atoms with Crippen molar-refractivity contribution in [1.82, 2.24) is 5.01 Å². The predicted molar refractivity (Wildman–Crippen MR) is 88.4 cm³/mol. The van der Waals surface area contributed by atoms with Crippen LogP contribution in [0, 0.1) is 5.92 Å². The zero-order valence-electron chi connectivity index (χ0n) is 13.1. The van der Waals surface area contributed by atoms with E-state index < -0.39 is 0 Å². The average molecular weight is 295 g/mol. The number of aliphatic imine (C=N–C) groups is 1. The SMILES string of the molecule is COc1ccccc1C1(C2=NN3C=CC=NC3C2C)CCC1. The topological polar surface area (TPSA) is 37.2 Å². The van der Waals surface area contributed by atoms with Crippen molar-refractivity contribution in [2.45, 2.75) is 37.8 Å². The number of nitrogens with zero attached hydrogens (tertiary/aromatic N) is 3. The lowest BCUT2D eigenvalue weighted by atomic mass is 9.59. The van der Waals surface area contributed by atoms with Crippen LogP contribution in [0.4, 0.5) is 0 Å². The van der Waals surface area contributed by atoms with Crippen LogP contribution in [0.1, 0.15) is 31.7 Å². The Morgan fingerprint density at radius 1 is 1.27 bits per heavy atom. The highest BCUT2D eigenvalue weighted by Gasteiger charge is 2.51. The van der Waals surface area contributed by atoms with Gasteiger partial charge in [-0.15, -0.1) is 0 Å². The molecule has 3 aliphatic rings. The van der Waals surface area contributed by atoms with Crippen molar-refractivity contribution in [3.8, 4) is 5.75 Å². The van der Waals surface area contributed by atoms with Crippen LogP contribution in [0.2, 0.25) is 0 Å². The molecule has 0 spiro atoms. The van der Waals surface area contributed by atoms with Crippen LogP contribution in [-0.2, 0) is 5.41 Å². The zero-order valence-corrected chi connectivity index (χ0v) is 13.1. The van der Waals surface area contributed by atoms with Crippen LogP contribution >= 0.6 is 0 Å². The monoisotopic (exact) mass is 295 g/mol. The Hall–Kier alpha value is -2.10. The molecule has 22 heavy (non-hydrogen) atoms. The number of rotatable bonds is 3. The van der Waals surface area contributed by atoms with E-state index in [0.717, 1.165) is 18.6 Å². The summed E-state index contributed by atoms with van der Waals surface area (Å²) in [5.74, 6) is 1.30. The molecule has 1 fully saturated rings. The molecule has 2 heterocycles. The Morgan fingerprint density at radius 2 is 2.09 bits per heavy atom. The highest BCUT2D eigenvalue weighted by Crippen LogP contribution is 2.51. The molecule has 1 saturated carbocycles. The molecule has 4 nitrogen and oxygen atoms in total. The van der Waals surface area contributed by atoms with Gasteiger partial charge in [-0.25, -0.2) is 5.01 Å². The van der Waals surface area contributed by atoms with Gasteiger partial charge in [0, 0.05) is 29.3 Å². The molecule has 0 N–H and O–H groups in total. The van der Waals surface area contributed by atoms with Gasteiger partial charge in [0.05, 0.1) is 12.8 Å². The Morgan fingerprint density at radius 3 is 2.77 bits per heavy atom. The molecular weight excluding hydrogens is 274 g/mol. The van der Waals surface area contributed by atoms with E-state index in [1.807, 2.05) is 29.6 Å². The molecule has 0 amide bonds. The van der Waals surface area contributed by atoms with Crippen molar-refractivity contribution in [3.63, 3.8) is 0 Å². The molecule has 0 radical (unpaired) electrons. The van der Waals surface area contributed by atoms with Crippen molar-refractivity contribution in [2.24, 2.45) is 16.0 Å². The fourth-order valence-corrected chi connectivity index (χ4v) is 3.99. The van der Waals surface area contributed by atoms with Crippen LogP contribution in [0.25, 0.3) is 0 Å². The standard InChI is InChI=1S/C18H21N3O/c1-13-16(20-21-12-6-11-19-17(13)21)18(9-5-10-18)14-7-3-4-8-15(14)22-2/h3-4,6-8,11-13,17H,5,9-10H2,1-2H3. The maximum atomic E-state index is 5.63. The molecule has 0 aromatic heterocycles. The van der Waals surface area contributed by atoms with Crippen LogP contribution in [0.15, 0.2) is 46.6 Å². The number of hydrazone groups is 1. The number of methoxy groups -OCH3 is 1. The molecule has 2 unspecified atom stereocenters. The van der Waals surface area contributed by atoms with E-state index in [9.17, 15) is 0 Å². The lowest BCUT2D eigenvalue weighted by Gasteiger charge is -2.44.